The van der Waals surface area contributed by atoms with Gasteiger partial charge >= 0.3 is 12.1 Å². The molecule has 7 nitrogen and oxygen atoms in total. The van der Waals surface area contributed by atoms with E-state index in [0.717, 1.165) is 10.6 Å². The van der Waals surface area contributed by atoms with E-state index in [0.29, 0.717) is 5.06 Å². The lowest BCUT2D eigenvalue weighted by Gasteiger charge is -2.15. The Kier molecular flexibility index (Phi) is 4.37. The number of hydrogen-bond donors (Lipinski definition) is 0. The summed E-state index contributed by atoms with van der Waals surface area (Å²) in [5, 5.41) is 0.338. The predicted octanol–water partition coefficient (Wildman–Crippen LogP) is 4.00. The van der Waals surface area contributed by atoms with Crippen molar-refractivity contribution in [1.29, 1.82) is 0 Å². The van der Waals surface area contributed by atoms with Gasteiger partial charge in [0, 0.05) is 6.04 Å². The molecule has 0 unspecified atom stereocenters. The Labute approximate surface area is 167 Å². The topological polar surface area (TPSA) is 81.5 Å². The molecule has 2 amide bonds. The maximum atomic E-state index is 13.3. The summed E-state index contributed by atoms with van der Waals surface area (Å²) in [6.07, 6.45) is -4.68. The van der Waals surface area contributed by atoms with Crippen molar-refractivity contribution in [2.75, 3.05) is 0 Å². The van der Waals surface area contributed by atoms with Crippen LogP contribution in [0.3, 0.4) is 0 Å². The average Bonchev–Trinajstić information content (AvgIpc) is 3.19. The van der Waals surface area contributed by atoms with Crippen molar-refractivity contribution in [1.82, 2.24) is 14.6 Å². The summed E-state index contributed by atoms with van der Waals surface area (Å²) in [6, 6.07) is 9.14. The molecular formula is C20H14F3N3O4. The summed E-state index contributed by atoms with van der Waals surface area (Å²) >= 11 is 0. The summed E-state index contributed by atoms with van der Waals surface area (Å²) < 4.78 is 41.0. The lowest BCUT2D eigenvalue weighted by Crippen LogP contribution is -2.32. The van der Waals surface area contributed by atoms with Gasteiger partial charge < -0.3 is 9.40 Å². The third-order valence-corrected chi connectivity index (χ3v) is 4.63. The Hall–Kier alpha value is -3.69. The molecule has 0 aliphatic carbocycles. The van der Waals surface area contributed by atoms with Crippen molar-refractivity contribution in [2.45, 2.75) is 26.1 Å². The van der Waals surface area contributed by atoms with Crippen LogP contribution in [-0.4, -0.2) is 32.4 Å². The number of amides is 2. The standard InChI is InChI=1S/C20H14F3N3O4/c1-10(2)25-15-8-7-11(9-14(15)24-19(25)20(21,22)23)18(29)30-26-16(27)12-5-3-4-6-13(12)17(26)28/h3-10H,1-2H3. The maximum Gasteiger partial charge on any atom is 0.449 e. The molecule has 2 aromatic carbocycles. The van der Waals surface area contributed by atoms with Gasteiger partial charge in [-0.25, -0.2) is 9.78 Å². The first-order valence-corrected chi connectivity index (χ1v) is 8.89. The number of benzene rings is 2. The second kappa shape index (κ2) is 6.68. The van der Waals surface area contributed by atoms with Crippen molar-refractivity contribution in [3.8, 4) is 0 Å². The molecule has 1 aromatic heterocycles. The van der Waals surface area contributed by atoms with E-state index in [1.54, 1.807) is 26.0 Å². The molecule has 0 saturated heterocycles. The number of rotatable bonds is 3. The zero-order chi connectivity index (χ0) is 21.8. The van der Waals surface area contributed by atoms with Crippen molar-refractivity contribution in [3.05, 3.63) is 65.0 Å². The minimum atomic E-state index is -4.68. The van der Waals surface area contributed by atoms with E-state index in [-0.39, 0.29) is 27.7 Å². The molecule has 1 aliphatic heterocycles. The number of fused-ring (bicyclic) bond motifs is 2. The Morgan fingerprint density at radius 3 is 2.17 bits per heavy atom. The molecular weight excluding hydrogens is 403 g/mol. The van der Waals surface area contributed by atoms with Gasteiger partial charge in [0.05, 0.1) is 27.7 Å². The number of nitrogens with zero attached hydrogens (tertiary/aromatic N) is 3. The zero-order valence-electron chi connectivity index (χ0n) is 15.7. The second-order valence-corrected chi connectivity index (χ2v) is 6.93. The van der Waals surface area contributed by atoms with Gasteiger partial charge in [-0.3, -0.25) is 9.59 Å². The average molecular weight is 417 g/mol. The Morgan fingerprint density at radius 2 is 1.63 bits per heavy atom. The molecule has 4 rings (SSSR count). The van der Waals surface area contributed by atoms with Gasteiger partial charge in [0.1, 0.15) is 0 Å². The van der Waals surface area contributed by atoms with Crippen LogP contribution in [0.2, 0.25) is 0 Å². The molecule has 0 N–H and O–H groups in total. The minimum absolute atomic E-state index is 0.0622. The molecule has 0 spiro atoms. The molecule has 0 fully saturated rings. The monoisotopic (exact) mass is 417 g/mol. The van der Waals surface area contributed by atoms with Gasteiger partial charge in [0.15, 0.2) is 0 Å². The van der Waals surface area contributed by atoms with Crippen LogP contribution in [0.25, 0.3) is 11.0 Å². The summed E-state index contributed by atoms with van der Waals surface area (Å²) in [5.74, 6) is -3.75. The lowest BCUT2D eigenvalue weighted by molar-refractivity contribution is -0.147. The second-order valence-electron chi connectivity index (χ2n) is 6.93. The molecule has 2 heterocycles. The van der Waals surface area contributed by atoms with Gasteiger partial charge in [-0.15, -0.1) is 0 Å². The van der Waals surface area contributed by atoms with E-state index in [4.69, 9.17) is 4.84 Å². The highest BCUT2D eigenvalue weighted by atomic mass is 19.4. The first kappa shape index (κ1) is 19.6. The van der Waals surface area contributed by atoms with Gasteiger partial charge in [0.2, 0.25) is 5.82 Å². The van der Waals surface area contributed by atoms with E-state index < -0.39 is 35.8 Å². The Balaban J connectivity index is 1.67. The van der Waals surface area contributed by atoms with E-state index in [9.17, 15) is 27.6 Å². The number of hydroxylamine groups is 2. The summed E-state index contributed by atoms with van der Waals surface area (Å²) in [7, 11) is 0. The third-order valence-electron chi connectivity index (χ3n) is 4.63. The lowest BCUT2D eigenvalue weighted by atomic mass is 10.1. The highest BCUT2D eigenvalue weighted by molar-refractivity contribution is 6.21. The first-order chi connectivity index (χ1) is 14.1. The fraction of sp³-hybridized carbons (Fsp3) is 0.200. The van der Waals surface area contributed by atoms with E-state index in [1.807, 2.05) is 0 Å². The Morgan fingerprint density at radius 1 is 1.03 bits per heavy atom. The summed E-state index contributed by atoms with van der Waals surface area (Å²) in [6.45, 7) is 3.17. The zero-order valence-corrected chi connectivity index (χ0v) is 15.7. The quantitative estimate of drug-likeness (QED) is 0.602. The van der Waals surface area contributed by atoms with Crippen LogP contribution in [-0.2, 0) is 11.0 Å². The molecule has 10 heteroatoms. The highest BCUT2D eigenvalue weighted by Crippen LogP contribution is 2.34. The number of aromatic nitrogens is 2. The van der Waals surface area contributed by atoms with Crippen LogP contribution in [0, 0.1) is 0 Å². The van der Waals surface area contributed by atoms with E-state index >= 15 is 0 Å². The van der Waals surface area contributed by atoms with Gasteiger partial charge in [-0.1, -0.05) is 17.2 Å². The number of carbonyl (C=O) groups excluding carboxylic acids is 3. The van der Waals surface area contributed by atoms with Crippen LogP contribution in [0.1, 0.15) is 56.8 Å². The largest absolute Gasteiger partial charge is 0.449 e. The van der Waals surface area contributed by atoms with Crippen molar-refractivity contribution in [3.63, 3.8) is 0 Å². The number of carbonyl (C=O) groups is 3. The minimum Gasteiger partial charge on any atom is -0.324 e. The van der Waals surface area contributed by atoms with Gasteiger partial charge in [-0.05, 0) is 44.2 Å². The predicted molar refractivity (Wildman–Crippen MR) is 97.5 cm³/mol. The Bertz CT molecular complexity index is 1180. The number of alkyl halides is 3. The van der Waals surface area contributed by atoms with Crippen LogP contribution in [0.4, 0.5) is 13.2 Å². The molecule has 0 atom stereocenters. The van der Waals surface area contributed by atoms with Crippen LogP contribution >= 0.6 is 0 Å². The normalized spacial score (nSPS) is 14.0. The van der Waals surface area contributed by atoms with E-state index in [2.05, 4.69) is 4.98 Å². The molecule has 0 radical (unpaired) electrons. The molecule has 1 aliphatic rings. The van der Waals surface area contributed by atoms with Crippen molar-refractivity contribution < 1.29 is 32.4 Å². The third kappa shape index (κ3) is 3.00. The number of hydrogen-bond acceptors (Lipinski definition) is 5. The first-order valence-electron chi connectivity index (χ1n) is 8.89. The fourth-order valence-electron chi connectivity index (χ4n) is 3.33. The smallest absolute Gasteiger partial charge is 0.324 e. The summed E-state index contributed by atoms with van der Waals surface area (Å²) in [5.41, 5.74) is 0.163. The summed E-state index contributed by atoms with van der Waals surface area (Å²) in [4.78, 5) is 45.7. The van der Waals surface area contributed by atoms with Gasteiger partial charge in [-0.2, -0.15) is 13.2 Å². The van der Waals surface area contributed by atoms with Crippen molar-refractivity contribution >= 4 is 28.8 Å². The van der Waals surface area contributed by atoms with Crippen LogP contribution in [0.15, 0.2) is 42.5 Å². The van der Waals surface area contributed by atoms with Crippen LogP contribution < -0.4 is 0 Å². The van der Waals surface area contributed by atoms with Crippen LogP contribution in [0.5, 0.6) is 0 Å². The fourth-order valence-corrected chi connectivity index (χ4v) is 3.33. The van der Waals surface area contributed by atoms with Gasteiger partial charge in [0.25, 0.3) is 11.8 Å². The molecule has 3 aromatic rings. The molecule has 154 valence electrons. The number of imidazole rings is 1. The van der Waals surface area contributed by atoms with Crippen molar-refractivity contribution in [2.24, 2.45) is 0 Å². The molecule has 0 bridgehead atoms. The highest BCUT2D eigenvalue weighted by Gasteiger charge is 2.40. The SMILES string of the molecule is CC(C)n1c(C(F)(F)F)nc2cc(C(=O)ON3C(=O)c4ccccc4C3=O)ccc21. The molecule has 0 saturated carbocycles. The maximum absolute atomic E-state index is 13.3. The van der Waals surface area contributed by atoms with E-state index in [1.165, 1.54) is 24.3 Å². The number of imide groups is 1. The number of halogens is 3. The molecule has 30 heavy (non-hydrogen) atoms.